The van der Waals surface area contributed by atoms with E-state index in [0.29, 0.717) is 61.7 Å². The van der Waals surface area contributed by atoms with E-state index in [1.807, 2.05) is 57.5 Å². The first-order valence-electron chi connectivity index (χ1n) is 29.0. The normalized spacial score (nSPS) is 20.2. The number of aromatic nitrogens is 7. The highest BCUT2D eigenvalue weighted by molar-refractivity contribution is 7.92. The Bertz CT molecular complexity index is 3470. The second kappa shape index (κ2) is 23.2. The van der Waals surface area contributed by atoms with E-state index in [-0.39, 0.29) is 64.5 Å². The Morgan fingerprint density at radius 3 is 2.19 bits per heavy atom. The van der Waals surface area contributed by atoms with Crippen molar-refractivity contribution in [2.45, 2.75) is 141 Å². The van der Waals surface area contributed by atoms with E-state index in [1.54, 1.807) is 51.4 Å². The second-order valence-electron chi connectivity index (χ2n) is 25.8. The number of aryl methyl sites for hydroxylation is 1. The number of ether oxygens (including phenoxy) is 2. The minimum Gasteiger partial charge on any atom is -0.492 e. The molecule has 3 atom stereocenters. The van der Waals surface area contributed by atoms with Crippen molar-refractivity contribution >= 4 is 61.7 Å². The van der Waals surface area contributed by atoms with Gasteiger partial charge in [-0.15, -0.1) is 0 Å². The number of hydrogen-bond donors (Lipinski definition) is 2. The molecule has 10 rings (SSSR count). The van der Waals surface area contributed by atoms with Crippen LogP contribution in [0.1, 0.15) is 110 Å². The van der Waals surface area contributed by atoms with Crippen molar-refractivity contribution in [1.29, 1.82) is 0 Å². The van der Waals surface area contributed by atoms with Gasteiger partial charge in [0.05, 0.1) is 34.8 Å². The topological polar surface area (TPSA) is 211 Å². The number of sulfone groups is 1. The standard InChI is InChI=1S/C61H81FN14O6S/c1-38-29-73(53-27-52(65-37-66-53)71-19-17-43(18-20-71)34-81-50-26-48-47(25-51(50)83(79,80)60(8,9)10)57(67-36-64-48)68-56-40(3)41(4)69-70-56)22-21-72(38)31-46-32-75(58(78)82-59(5,6)7)39(2)30-74(46)33-54(77)76-35-61(11,12)55-49(76)24-44(28-63-55)23-42-13-15-45(62)16-14-42/h13-16,24-28,36-39,43,46H,17-23,29-35H2,1-12H3,(H2,64,67,68,69,70)/t38-,39-,46+/m1/s1. The second-order valence-corrected chi connectivity index (χ2v) is 28.5. The summed E-state index contributed by atoms with van der Waals surface area (Å²) in [4.78, 5) is 65.0. The average Bonchev–Trinajstić information content (AvgIpc) is 3.11. The van der Waals surface area contributed by atoms with Gasteiger partial charge in [-0.3, -0.25) is 24.7 Å². The molecule has 0 bridgehead atoms. The first-order chi connectivity index (χ1) is 39.2. The first kappa shape index (κ1) is 59.1. The van der Waals surface area contributed by atoms with Crippen molar-refractivity contribution in [3.8, 4) is 5.75 Å². The number of aromatic amines is 1. The highest BCUT2D eigenvalue weighted by atomic mass is 32.2. The number of nitrogens with one attached hydrogen (secondary N) is 2. The van der Waals surface area contributed by atoms with Crippen LogP contribution in [0.5, 0.6) is 5.75 Å². The van der Waals surface area contributed by atoms with Crippen LogP contribution in [0.3, 0.4) is 0 Å². The number of hydrogen-bond acceptors (Lipinski definition) is 17. The van der Waals surface area contributed by atoms with E-state index in [9.17, 15) is 22.4 Å². The third-order valence-corrected chi connectivity index (χ3v) is 19.3. The van der Waals surface area contributed by atoms with E-state index in [4.69, 9.17) is 24.4 Å². The lowest BCUT2D eigenvalue weighted by Gasteiger charge is -2.48. The smallest absolute Gasteiger partial charge is 0.410 e. The summed E-state index contributed by atoms with van der Waals surface area (Å²) >= 11 is 0. The third-order valence-electron chi connectivity index (χ3n) is 16.8. The lowest BCUT2D eigenvalue weighted by Crippen LogP contribution is -2.65. The number of amides is 2. The fourth-order valence-corrected chi connectivity index (χ4v) is 13.1. The summed E-state index contributed by atoms with van der Waals surface area (Å²) < 4.78 is 53.4. The third kappa shape index (κ3) is 12.9. The summed E-state index contributed by atoms with van der Waals surface area (Å²) in [5.74, 6) is 2.89. The molecule has 0 unspecified atom stereocenters. The maximum atomic E-state index is 14.7. The lowest BCUT2D eigenvalue weighted by molar-refractivity contribution is -0.121. The van der Waals surface area contributed by atoms with Crippen LogP contribution in [0.15, 0.2) is 72.3 Å². The molecule has 83 heavy (non-hydrogen) atoms. The zero-order valence-corrected chi connectivity index (χ0v) is 51.0. The fourth-order valence-electron chi connectivity index (χ4n) is 11.7. The largest absolute Gasteiger partial charge is 0.492 e. The molecular formula is C61H81FN14O6S. The minimum atomic E-state index is -3.86. The summed E-state index contributed by atoms with van der Waals surface area (Å²) in [7, 11) is -3.86. The monoisotopic (exact) mass is 1160 g/mol. The number of nitrogens with zero attached hydrogens (tertiary/aromatic N) is 12. The number of piperazine rings is 2. The van der Waals surface area contributed by atoms with Gasteiger partial charge >= 0.3 is 6.09 Å². The lowest BCUT2D eigenvalue weighted by atomic mass is 9.91. The summed E-state index contributed by atoms with van der Waals surface area (Å²) in [5, 5.41) is 11.1. The summed E-state index contributed by atoms with van der Waals surface area (Å²) in [6.45, 7) is 29.3. The number of benzene rings is 2. The van der Waals surface area contributed by atoms with Gasteiger partial charge in [-0.2, -0.15) is 5.10 Å². The molecule has 0 spiro atoms. The number of carbonyl (C=O) groups is 2. The number of H-pyrrole nitrogens is 1. The van der Waals surface area contributed by atoms with Crippen molar-refractivity contribution in [3.05, 3.63) is 101 Å². The first-order valence-corrected chi connectivity index (χ1v) is 30.5. The Balaban J connectivity index is 0.784. The van der Waals surface area contributed by atoms with Gasteiger partial charge < -0.3 is 34.4 Å². The molecule has 0 radical (unpaired) electrons. The number of rotatable bonds is 14. The quantitative estimate of drug-likeness (QED) is 0.104. The molecule has 8 heterocycles. The van der Waals surface area contributed by atoms with Gasteiger partial charge in [0.25, 0.3) is 0 Å². The van der Waals surface area contributed by atoms with Gasteiger partial charge in [0.1, 0.15) is 52.2 Å². The van der Waals surface area contributed by atoms with Crippen LogP contribution in [0.2, 0.25) is 0 Å². The molecule has 3 saturated heterocycles. The molecule has 4 aliphatic rings. The van der Waals surface area contributed by atoms with Crippen molar-refractivity contribution in [1.82, 2.24) is 49.8 Å². The average molecular weight is 1160 g/mol. The molecule has 2 amide bonds. The Kier molecular flexibility index (Phi) is 16.5. The molecule has 0 saturated carbocycles. The van der Waals surface area contributed by atoms with Crippen LogP contribution in [0.4, 0.5) is 38.1 Å². The predicted octanol–water partition coefficient (Wildman–Crippen LogP) is 8.64. The van der Waals surface area contributed by atoms with E-state index in [2.05, 4.69) is 78.0 Å². The molecule has 2 N–H and O–H groups in total. The van der Waals surface area contributed by atoms with Gasteiger partial charge in [0, 0.05) is 117 Å². The van der Waals surface area contributed by atoms with E-state index >= 15 is 0 Å². The molecule has 4 aromatic heterocycles. The van der Waals surface area contributed by atoms with Crippen LogP contribution < -0.4 is 24.8 Å². The Hall–Kier alpha value is -7.04. The Morgan fingerprint density at radius 1 is 0.807 bits per heavy atom. The van der Waals surface area contributed by atoms with Gasteiger partial charge in [-0.05, 0) is 130 Å². The van der Waals surface area contributed by atoms with Gasteiger partial charge in [0.2, 0.25) is 5.91 Å². The summed E-state index contributed by atoms with van der Waals surface area (Å²) in [6, 6.07) is 13.7. The van der Waals surface area contributed by atoms with Gasteiger partial charge in [0.15, 0.2) is 15.7 Å². The number of fused-ring (bicyclic) bond motifs is 2. The van der Waals surface area contributed by atoms with E-state index in [1.165, 1.54) is 18.5 Å². The maximum Gasteiger partial charge on any atom is 0.410 e. The SMILES string of the molecule is Cc1[nH]nc(Nc2ncnc3cc(OCC4CCN(c5cc(N6CCN(C[C@H]7CN(C(=O)OC(C)(C)C)[C@H](C)CN7CC(=O)N7CC(C)(C)c8ncc(Cc9ccc(F)cc9)cc87)[C@H](C)C6)ncn5)CC4)c(S(=O)(=O)C(C)(C)C)cc23)c1C. The molecule has 3 fully saturated rings. The van der Waals surface area contributed by atoms with Crippen molar-refractivity contribution in [2.75, 3.05) is 92.1 Å². The molecule has 4 aliphatic heterocycles. The molecule has 2 aromatic carbocycles. The predicted molar refractivity (Wildman–Crippen MR) is 320 cm³/mol. The number of anilines is 5. The number of pyridine rings is 1. The number of carbonyl (C=O) groups excluding carboxylic acids is 2. The van der Waals surface area contributed by atoms with Gasteiger partial charge in [-0.1, -0.05) is 26.0 Å². The van der Waals surface area contributed by atoms with E-state index in [0.717, 1.165) is 91.0 Å². The van der Waals surface area contributed by atoms with Crippen molar-refractivity contribution in [3.63, 3.8) is 0 Å². The van der Waals surface area contributed by atoms with Crippen LogP contribution in [-0.2, 0) is 31.2 Å². The summed E-state index contributed by atoms with van der Waals surface area (Å²) in [5.41, 5.74) is 4.96. The molecular weight excluding hydrogens is 1080 g/mol. The molecule has 0 aliphatic carbocycles. The zero-order valence-electron chi connectivity index (χ0n) is 50.2. The highest BCUT2D eigenvalue weighted by Crippen LogP contribution is 2.41. The van der Waals surface area contributed by atoms with Crippen LogP contribution >= 0.6 is 0 Å². The maximum absolute atomic E-state index is 14.7. The van der Waals surface area contributed by atoms with Gasteiger partial charge in [-0.25, -0.2) is 37.5 Å². The van der Waals surface area contributed by atoms with Crippen LogP contribution in [0.25, 0.3) is 10.9 Å². The van der Waals surface area contributed by atoms with E-state index < -0.39 is 20.2 Å². The van der Waals surface area contributed by atoms with Crippen LogP contribution in [0, 0.1) is 25.6 Å². The van der Waals surface area contributed by atoms with Crippen LogP contribution in [-0.4, -0.2) is 171 Å². The molecule has 444 valence electrons. The highest BCUT2D eigenvalue weighted by Gasteiger charge is 2.44. The van der Waals surface area contributed by atoms with Crippen molar-refractivity contribution < 1.29 is 31.9 Å². The zero-order chi connectivity index (χ0) is 59.3. The Labute approximate surface area is 487 Å². The molecule has 20 nitrogen and oxygen atoms in total. The fraction of sp³-hybridized carbons (Fsp3) is 0.541. The number of piperidine rings is 1. The summed E-state index contributed by atoms with van der Waals surface area (Å²) in [6.07, 6.45) is 6.79. The number of halogens is 1. The minimum absolute atomic E-state index is 0.0185. The molecule has 22 heteroatoms. The van der Waals surface area contributed by atoms with Crippen molar-refractivity contribution in [2.24, 2.45) is 5.92 Å². The molecule has 6 aromatic rings. The Morgan fingerprint density at radius 2 is 1.52 bits per heavy atom.